The average Bonchev–Trinajstić information content (AvgIpc) is 2.84. The zero-order valence-corrected chi connectivity index (χ0v) is 11.4. The molecule has 0 atom stereocenters. The Hall–Kier alpha value is -2.69. The third kappa shape index (κ3) is 2.50. The molecule has 4 nitrogen and oxygen atoms in total. The highest BCUT2D eigenvalue weighted by Crippen LogP contribution is 2.23. The summed E-state index contributed by atoms with van der Waals surface area (Å²) in [5.41, 5.74) is 2.72. The minimum absolute atomic E-state index is 0.0679. The van der Waals surface area contributed by atoms with Crippen molar-refractivity contribution >= 4 is 16.6 Å². The van der Waals surface area contributed by atoms with Crippen molar-refractivity contribution in [3.63, 3.8) is 0 Å². The highest BCUT2D eigenvalue weighted by Gasteiger charge is 2.10. The van der Waals surface area contributed by atoms with E-state index in [4.69, 9.17) is 0 Å². The van der Waals surface area contributed by atoms with Crippen molar-refractivity contribution in [1.82, 2.24) is 4.57 Å². The first-order valence-corrected chi connectivity index (χ1v) is 6.53. The van der Waals surface area contributed by atoms with Gasteiger partial charge in [-0.3, -0.25) is 10.1 Å². The largest absolute Gasteiger partial charge is 0.343 e. The molecule has 3 aromatic rings. The Bertz CT molecular complexity index is 839. The second kappa shape index (κ2) is 5.01. The Morgan fingerprint density at radius 1 is 1.19 bits per heavy atom. The molecule has 0 aliphatic rings. The van der Waals surface area contributed by atoms with Crippen molar-refractivity contribution in [1.29, 1.82) is 0 Å². The lowest BCUT2D eigenvalue weighted by atomic mass is 10.1. The molecule has 1 heterocycles. The summed E-state index contributed by atoms with van der Waals surface area (Å²) < 4.78 is 15.1. The molecule has 1 aromatic heterocycles. The van der Waals surface area contributed by atoms with E-state index in [2.05, 4.69) is 0 Å². The van der Waals surface area contributed by atoms with Crippen LogP contribution in [0.2, 0.25) is 0 Å². The SMILES string of the molecule is Cc1cc(F)ccc1Cn1ccc2ccc([N+](=O)[O-])cc21. The van der Waals surface area contributed by atoms with Crippen LogP contribution in [0, 0.1) is 22.9 Å². The van der Waals surface area contributed by atoms with Crippen molar-refractivity contribution < 1.29 is 9.31 Å². The zero-order chi connectivity index (χ0) is 15.0. The first-order chi connectivity index (χ1) is 10.0. The molecule has 0 saturated heterocycles. The molecule has 3 rings (SSSR count). The summed E-state index contributed by atoms with van der Waals surface area (Å²) in [6, 6.07) is 11.4. The molecule has 0 aliphatic heterocycles. The van der Waals surface area contributed by atoms with Gasteiger partial charge in [-0.15, -0.1) is 0 Å². The van der Waals surface area contributed by atoms with Crippen molar-refractivity contribution in [2.75, 3.05) is 0 Å². The van der Waals surface area contributed by atoms with E-state index in [1.807, 2.05) is 23.8 Å². The van der Waals surface area contributed by atoms with Gasteiger partial charge < -0.3 is 4.57 Å². The Morgan fingerprint density at radius 2 is 2.00 bits per heavy atom. The minimum atomic E-state index is -0.403. The summed E-state index contributed by atoms with van der Waals surface area (Å²) >= 11 is 0. The second-order valence-electron chi connectivity index (χ2n) is 5.01. The molecule has 0 saturated carbocycles. The lowest BCUT2D eigenvalue weighted by Gasteiger charge is -2.09. The number of rotatable bonds is 3. The van der Waals surface area contributed by atoms with Gasteiger partial charge in [0.25, 0.3) is 5.69 Å². The first-order valence-electron chi connectivity index (χ1n) is 6.53. The molecule has 0 amide bonds. The van der Waals surface area contributed by atoms with Gasteiger partial charge in [0.15, 0.2) is 0 Å². The average molecular weight is 284 g/mol. The molecule has 0 radical (unpaired) electrons. The zero-order valence-electron chi connectivity index (χ0n) is 11.4. The molecular formula is C16H13FN2O2. The smallest absolute Gasteiger partial charge is 0.271 e. The summed E-state index contributed by atoms with van der Waals surface area (Å²) in [4.78, 5) is 10.5. The number of aromatic nitrogens is 1. The van der Waals surface area contributed by atoms with Crippen LogP contribution in [0.3, 0.4) is 0 Å². The molecule has 0 spiro atoms. The number of hydrogen-bond donors (Lipinski definition) is 0. The van der Waals surface area contributed by atoms with E-state index >= 15 is 0 Å². The van der Waals surface area contributed by atoms with E-state index in [0.717, 1.165) is 22.0 Å². The summed E-state index contributed by atoms with van der Waals surface area (Å²) in [6.45, 7) is 2.41. The van der Waals surface area contributed by atoms with E-state index in [0.29, 0.717) is 6.54 Å². The second-order valence-corrected chi connectivity index (χ2v) is 5.01. The third-order valence-corrected chi connectivity index (χ3v) is 3.61. The third-order valence-electron chi connectivity index (χ3n) is 3.61. The van der Waals surface area contributed by atoms with E-state index in [-0.39, 0.29) is 11.5 Å². The van der Waals surface area contributed by atoms with Crippen molar-refractivity contribution in [2.45, 2.75) is 13.5 Å². The number of aryl methyl sites for hydroxylation is 1. The number of benzene rings is 2. The van der Waals surface area contributed by atoms with E-state index < -0.39 is 4.92 Å². The minimum Gasteiger partial charge on any atom is -0.343 e. The number of nitro benzene ring substituents is 1. The molecule has 0 N–H and O–H groups in total. The number of fused-ring (bicyclic) bond motifs is 1. The van der Waals surface area contributed by atoms with Gasteiger partial charge >= 0.3 is 0 Å². The van der Waals surface area contributed by atoms with Crippen molar-refractivity contribution in [3.05, 3.63) is 75.7 Å². The van der Waals surface area contributed by atoms with Crippen LogP contribution in [0.15, 0.2) is 48.7 Å². The van der Waals surface area contributed by atoms with Gasteiger partial charge in [-0.2, -0.15) is 0 Å². The Morgan fingerprint density at radius 3 is 2.71 bits per heavy atom. The molecule has 5 heteroatoms. The number of nitrogens with zero attached hydrogens (tertiary/aromatic N) is 2. The molecule has 0 bridgehead atoms. The number of nitro groups is 1. The van der Waals surface area contributed by atoms with Crippen LogP contribution in [-0.2, 0) is 6.54 Å². The molecule has 0 unspecified atom stereocenters. The maximum atomic E-state index is 13.1. The van der Waals surface area contributed by atoms with Gasteiger partial charge in [-0.25, -0.2) is 4.39 Å². The fourth-order valence-corrected chi connectivity index (χ4v) is 2.44. The van der Waals surface area contributed by atoms with Crippen LogP contribution < -0.4 is 0 Å². The van der Waals surface area contributed by atoms with Crippen LogP contribution >= 0.6 is 0 Å². The summed E-state index contributed by atoms with van der Waals surface area (Å²) in [6.07, 6.45) is 1.89. The normalized spacial score (nSPS) is 11.0. The quantitative estimate of drug-likeness (QED) is 0.538. The summed E-state index contributed by atoms with van der Waals surface area (Å²) in [7, 11) is 0. The van der Waals surface area contributed by atoms with E-state index in [1.165, 1.54) is 18.2 Å². The monoisotopic (exact) mass is 284 g/mol. The van der Waals surface area contributed by atoms with E-state index in [9.17, 15) is 14.5 Å². The topological polar surface area (TPSA) is 48.1 Å². The standard InChI is InChI=1S/C16H13FN2O2/c1-11-8-14(17)4-2-13(11)10-18-7-6-12-3-5-15(19(20)21)9-16(12)18/h2-9H,10H2,1H3. The van der Waals surface area contributed by atoms with Gasteiger partial charge in [0.2, 0.25) is 0 Å². The fraction of sp³-hybridized carbons (Fsp3) is 0.125. The number of hydrogen-bond acceptors (Lipinski definition) is 2. The predicted octanol–water partition coefficient (Wildman–Crippen LogP) is 4.05. The highest BCUT2D eigenvalue weighted by molar-refractivity contribution is 5.82. The van der Waals surface area contributed by atoms with Gasteiger partial charge in [0.05, 0.1) is 10.4 Å². The van der Waals surface area contributed by atoms with Gasteiger partial charge in [-0.05, 0) is 42.3 Å². The fourth-order valence-electron chi connectivity index (χ4n) is 2.44. The molecular weight excluding hydrogens is 271 g/mol. The van der Waals surface area contributed by atoms with Crippen LogP contribution in [-0.4, -0.2) is 9.49 Å². The summed E-state index contributed by atoms with van der Waals surface area (Å²) in [5.74, 6) is -0.260. The Balaban J connectivity index is 2.04. The maximum absolute atomic E-state index is 13.1. The molecule has 0 aliphatic carbocycles. The number of halogens is 1. The first kappa shape index (κ1) is 13.3. The maximum Gasteiger partial charge on any atom is 0.271 e. The molecule has 21 heavy (non-hydrogen) atoms. The molecule has 2 aromatic carbocycles. The Kier molecular flexibility index (Phi) is 3.17. The van der Waals surface area contributed by atoms with E-state index in [1.54, 1.807) is 18.2 Å². The lowest BCUT2D eigenvalue weighted by molar-refractivity contribution is -0.384. The van der Waals surface area contributed by atoms with Crippen LogP contribution in [0.25, 0.3) is 10.9 Å². The Labute approximate surface area is 120 Å². The molecule has 0 fully saturated rings. The number of non-ortho nitro benzene ring substituents is 1. The van der Waals surface area contributed by atoms with Crippen LogP contribution in [0.4, 0.5) is 10.1 Å². The highest BCUT2D eigenvalue weighted by atomic mass is 19.1. The van der Waals surface area contributed by atoms with Gasteiger partial charge in [0.1, 0.15) is 5.82 Å². The van der Waals surface area contributed by atoms with Gasteiger partial charge in [0, 0.05) is 30.3 Å². The predicted molar refractivity (Wildman–Crippen MR) is 78.8 cm³/mol. The van der Waals surface area contributed by atoms with Gasteiger partial charge in [-0.1, -0.05) is 6.07 Å². The lowest BCUT2D eigenvalue weighted by Crippen LogP contribution is -2.00. The molecule has 106 valence electrons. The van der Waals surface area contributed by atoms with Crippen LogP contribution in [0.5, 0.6) is 0 Å². The van der Waals surface area contributed by atoms with Crippen LogP contribution in [0.1, 0.15) is 11.1 Å². The van der Waals surface area contributed by atoms with Crippen molar-refractivity contribution in [3.8, 4) is 0 Å². The van der Waals surface area contributed by atoms with Crippen molar-refractivity contribution in [2.24, 2.45) is 0 Å². The summed E-state index contributed by atoms with van der Waals surface area (Å²) in [5, 5.41) is 11.8.